The molecule has 0 bridgehead atoms. The van der Waals surface area contributed by atoms with E-state index < -0.39 is 6.04 Å². The average Bonchev–Trinajstić information content (AvgIpc) is 2.47. The monoisotopic (exact) mass is 333 g/mol. The number of halogens is 1. The largest absolute Gasteiger partial charge is 0.353 e. The number of amides is 2. The van der Waals surface area contributed by atoms with Gasteiger partial charge in [0.2, 0.25) is 11.8 Å². The van der Waals surface area contributed by atoms with Crippen LogP contribution in [0, 0.1) is 5.92 Å². The Bertz CT molecular complexity index is 352. The summed E-state index contributed by atoms with van der Waals surface area (Å²) in [5.41, 5.74) is 5.91. The minimum Gasteiger partial charge on any atom is -0.353 e. The van der Waals surface area contributed by atoms with E-state index >= 15 is 0 Å². The number of hydrogen-bond acceptors (Lipinski definition) is 3. The molecule has 22 heavy (non-hydrogen) atoms. The molecule has 0 aromatic heterocycles. The lowest BCUT2D eigenvalue weighted by molar-refractivity contribution is -0.137. The van der Waals surface area contributed by atoms with Crippen molar-refractivity contribution in [2.24, 2.45) is 11.7 Å². The Morgan fingerprint density at radius 2 is 1.91 bits per heavy atom. The van der Waals surface area contributed by atoms with Gasteiger partial charge in [-0.05, 0) is 32.6 Å². The van der Waals surface area contributed by atoms with Crippen molar-refractivity contribution in [2.75, 3.05) is 13.1 Å². The molecule has 0 aromatic carbocycles. The summed E-state index contributed by atoms with van der Waals surface area (Å²) in [7, 11) is 0. The van der Waals surface area contributed by atoms with E-state index in [4.69, 9.17) is 5.73 Å². The second-order valence-electron chi connectivity index (χ2n) is 6.22. The van der Waals surface area contributed by atoms with E-state index in [0.29, 0.717) is 13.0 Å². The van der Waals surface area contributed by atoms with Crippen LogP contribution in [0.4, 0.5) is 0 Å². The van der Waals surface area contributed by atoms with Crippen molar-refractivity contribution in [1.29, 1.82) is 0 Å². The second-order valence-corrected chi connectivity index (χ2v) is 6.22. The van der Waals surface area contributed by atoms with Gasteiger partial charge in [0.25, 0.3) is 0 Å². The van der Waals surface area contributed by atoms with E-state index in [1.54, 1.807) is 4.90 Å². The second kappa shape index (κ2) is 10.8. The molecule has 130 valence electrons. The van der Waals surface area contributed by atoms with Crippen LogP contribution in [0.3, 0.4) is 0 Å². The fraction of sp³-hybridized carbons (Fsp3) is 0.875. The normalized spacial score (nSPS) is 20.7. The van der Waals surface area contributed by atoms with Gasteiger partial charge in [-0.25, -0.2) is 0 Å². The summed E-state index contributed by atoms with van der Waals surface area (Å²) in [6, 6.07) is -0.216. The molecule has 0 aromatic rings. The van der Waals surface area contributed by atoms with Crippen molar-refractivity contribution in [2.45, 2.75) is 71.4 Å². The topological polar surface area (TPSA) is 75.4 Å². The van der Waals surface area contributed by atoms with Crippen molar-refractivity contribution < 1.29 is 9.59 Å². The van der Waals surface area contributed by atoms with Crippen LogP contribution in [0.15, 0.2) is 0 Å². The van der Waals surface area contributed by atoms with Gasteiger partial charge < -0.3 is 16.0 Å². The number of likely N-dealkylation sites (tertiary alicyclic amines) is 1. The molecule has 3 N–H and O–H groups in total. The van der Waals surface area contributed by atoms with Gasteiger partial charge >= 0.3 is 0 Å². The maximum absolute atomic E-state index is 12.3. The maximum atomic E-state index is 12.3. The molecule has 1 aliphatic heterocycles. The van der Waals surface area contributed by atoms with E-state index in [9.17, 15) is 9.59 Å². The zero-order valence-electron chi connectivity index (χ0n) is 14.1. The lowest BCUT2D eigenvalue weighted by atomic mass is 9.95. The molecule has 0 aliphatic carbocycles. The number of carbonyl (C=O) groups excluding carboxylic acids is 2. The van der Waals surface area contributed by atoms with Crippen LogP contribution < -0.4 is 11.1 Å². The number of rotatable bonds is 7. The molecule has 3 atom stereocenters. The van der Waals surface area contributed by atoms with Gasteiger partial charge in [-0.3, -0.25) is 9.59 Å². The Balaban J connectivity index is 0.00000441. The highest BCUT2D eigenvalue weighted by atomic mass is 35.5. The Hall–Kier alpha value is -0.810. The fourth-order valence-corrected chi connectivity index (χ4v) is 2.93. The number of carbonyl (C=O) groups is 2. The van der Waals surface area contributed by atoms with Crippen molar-refractivity contribution in [3.05, 3.63) is 0 Å². The first-order valence-corrected chi connectivity index (χ1v) is 8.34. The van der Waals surface area contributed by atoms with Crippen molar-refractivity contribution >= 4 is 24.2 Å². The van der Waals surface area contributed by atoms with Gasteiger partial charge in [0.05, 0.1) is 12.0 Å². The van der Waals surface area contributed by atoms with Crippen molar-refractivity contribution in [3.63, 3.8) is 0 Å². The van der Waals surface area contributed by atoms with Crippen molar-refractivity contribution in [1.82, 2.24) is 10.2 Å². The van der Waals surface area contributed by atoms with E-state index in [2.05, 4.69) is 12.2 Å². The molecule has 1 saturated heterocycles. The molecule has 1 heterocycles. The van der Waals surface area contributed by atoms with Crippen LogP contribution in [0.2, 0.25) is 0 Å². The number of hydrogen-bond donors (Lipinski definition) is 2. The molecule has 2 amide bonds. The van der Waals surface area contributed by atoms with Gasteiger partial charge in [-0.1, -0.05) is 26.7 Å². The zero-order valence-corrected chi connectivity index (χ0v) is 15.0. The standard InChI is InChI=1S/C16H31N3O2.ClH/c1-4-7-12(3)18-15(20)13-9-6-10-19(11-13)16(21)14(17)8-5-2;/h12-14H,4-11,17H2,1-3H3,(H,18,20);1H. The van der Waals surface area contributed by atoms with Crippen LogP contribution in [0.1, 0.15) is 59.3 Å². The molecule has 5 nitrogen and oxygen atoms in total. The molecule has 0 spiro atoms. The van der Waals surface area contributed by atoms with E-state index in [1.807, 2.05) is 13.8 Å². The van der Waals surface area contributed by atoms with Crippen LogP contribution >= 0.6 is 12.4 Å². The van der Waals surface area contributed by atoms with Crippen LogP contribution in [-0.4, -0.2) is 41.9 Å². The highest BCUT2D eigenvalue weighted by molar-refractivity contribution is 5.85. The predicted molar refractivity (Wildman–Crippen MR) is 91.9 cm³/mol. The summed E-state index contributed by atoms with van der Waals surface area (Å²) in [5.74, 6) is -0.00991. The average molecular weight is 334 g/mol. The number of nitrogens with two attached hydrogens (primary N) is 1. The molecular weight excluding hydrogens is 302 g/mol. The van der Waals surface area contributed by atoms with Crippen LogP contribution in [0.5, 0.6) is 0 Å². The summed E-state index contributed by atoms with van der Waals surface area (Å²) in [4.78, 5) is 26.3. The predicted octanol–water partition coefficient (Wildman–Crippen LogP) is 2.08. The molecule has 1 fully saturated rings. The van der Waals surface area contributed by atoms with Gasteiger partial charge in [0.15, 0.2) is 0 Å². The summed E-state index contributed by atoms with van der Waals surface area (Å²) in [6.07, 6.45) is 5.40. The molecule has 0 radical (unpaired) electrons. The van der Waals surface area contributed by atoms with Gasteiger partial charge in [0.1, 0.15) is 0 Å². The molecule has 1 rings (SSSR count). The Kier molecular flexibility index (Phi) is 10.4. The first-order valence-electron chi connectivity index (χ1n) is 8.34. The fourth-order valence-electron chi connectivity index (χ4n) is 2.93. The van der Waals surface area contributed by atoms with Gasteiger partial charge in [-0.15, -0.1) is 12.4 Å². The number of nitrogens with one attached hydrogen (secondary N) is 1. The number of nitrogens with zero attached hydrogens (tertiary/aromatic N) is 1. The minimum absolute atomic E-state index is 0. The first kappa shape index (κ1) is 21.2. The number of piperidine rings is 1. The third-order valence-corrected chi connectivity index (χ3v) is 4.13. The third kappa shape index (κ3) is 6.53. The SMILES string of the molecule is CCCC(C)NC(=O)C1CCCN(C(=O)C(N)CCC)C1.Cl. The zero-order chi connectivity index (χ0) is 15.8. The van der Waals surface area contributed by atoms with E-state index in [1.165, 1.54) is 0 Å². The summed E-state index contributed by atoms with van der Waals surface area (Å²) >= 11 is 0. The first-order chi connectivity index (χ1) is 9.99. The van der Waals surface area contributed by atoms with Gasteiger partial charge in [-0.2, -0.15) is 0 Å². The van der Waals surface area contributed by atoms with Crippen LogP contribution in [0.25, 0.3) is 0 Å². The smallest absolute Gasteiger partial charge is 0.239 e. The quantitative estimate of drug-likeness (QED) is 0.749. The third-order valence-electron chi connectivity index (χ3n) is 4.13. The molecule has 1 aliphatic rings. The summed E-state index contributed by atoms with van der Waals surface area (Å²) in [5, 5.41) is 3.06. The highest BCUT2D eigenvalue weighted by Crippen LogP contribution is 2.18. The highest BCUT2D eigenvalue weighted by Gasteiger charge is 2.30. The molecule has 0 saturated carbocycles. The Labute approximate surface area is 140 Å². The van der Waals surface area contributed by atoms with Gasteiger partial charge in [0, 0.05) is 19.1 Å². The van der Waals surface area contributed by atoms with Crippen molar-refractivity contribution in [3.8, 4) is 0 Å². The maximum Gasteiger partial charge on any atom is 0.239 e. The molecule has 6 heteroatoms. The molecular formula is C16H32ClN3O2. The summed E-state index contributed by atoms with van der Waals surface area (Å²) in [6.45, 7) is 7.41. The van der Waals surface area contributed by atoms with Crippen LogP contribution in [-0.2, 0) is 9.59 Å². The Morgan fingerprint density at radius 3 is 2.50 bits per heavy atom. The molecule has 3 unspecified atom stereocenters. The van der Waals surface area contributed by atoms with E-state index in [-0.39, 0.29) is 36.2 Å². The lowest BCUT2D eigenvalue weighted by Gasteiger charge is -2.34. The Morgan fingerprint density at radius 1 is 1.27 bits per heavy atom. The minimum atomic E-state index is -0.421. The lowest BCUT2D eigenvalue weighted by Crippen LogP contribution is -2.51. The summed E-state index contributed by atoms with van der Waals surface area (Å²) < 4.78 is 0. The van der Waals surface area contributed by atoms with E-state index in [0.717, 1.165) is 38.6 Å².